The van der Waals surface area contributed by atoms with E-state index in [0.717, 1.165) is 45.2 Å². The maximum Gasteiger partial charge on any atom is 0.227 e. The van der Waals surface area contributed by atoms with Gasteiger partial charge in [-0.15, -0.1) is 0 Å². The third-order valence-electron chi connectivity index (χ3n) is 3.35. The highest BCUT2D eigenvalue weighted by Crippen LogP contribution is 2.31. The number of hydrogen-bond acceptors (Lipinski definition) is 3. The first-order valence-corrected chi connectivity index (χ1v) is 6.44. The summed E-state index contributed by atoms with van der Waals surface area (Å²) in [4.78, 5) is 12.2. The molecule has 0 aromatic rings. The topological polar surface area (TPSA) is 67.2 Å². The Morgan fingerprint density at radius 1 is 1.56 bits per heavy atom. The molecule has 4 N–H and O–H groups in total. The number of piperidine rings is 1. The SMILES string of the molecule is CCCC1(C(=O)NCCCN)CCCNC1. The Morgan fingerprint density at radius 3 is 2.94 bits per heavy atom. The quantitative estimate of drug-likeness (QED) is 0.583. The molecule has 1 heterocycles. The largest absolute Gasteiger partial charge is 0.356 e. The maximum atomic E-state index is 12.2. The van der Waals surface area contributed by atoms with Gasteiger partial charge in [-0.3, -0.25) is 4.79 Å². The Morgan fingerprint density at radius 2 is 2.38 bits per heavy atom. The highest BCUT2D eigenvalue weighted by Gasteiger charge is 2.38. The molecule has 1 aliphatic heterocycles. The third-order valence-corrected chi connectivity index (χ3v) is 3.35. The van der Waals surface area contributed by atoms with Gasteiger partial charge in [-0.05, 0) is 38.8 Å². The molecule has 1 aliphatic rings. The molecule has 0 saturated carbocycles. The summed E-state index contributed by atoms with van der Waals surface area (Å²) in [5, 5.41) is 6.37. The number of rotatable bonds is 6. The van der Waals surface area contributed by atoms with Gasteiger partial charge in [-0.25, -0.2) is 0 Å². The van der Waals surface area contributed by atoms with Crippen molar-refractivity contribution in [1.29, 1.82) is 0 Å². The predicted octanol–water partition coefficient (Wildman–Crippen LogP) is 0.621. The maximum absolute atomic E-state index is 12.2. The van der Waals surface area contributed by atoms with Crippen LogP contribution in [0.25, 0.3) is 0 Å². The lowest BCUT2D eigenvalue weighted by molar-refractivity contribution is -0.132. The van der Waals surface area contributed by atoms with Gasteiger partial charge in [-0.2, -0.15) is 0 Å². The van der Waals surface area contributed by atoms with Crippen molar-refractivity contribution < 1.29 is 4.79 Å². The molecule has 1 fully saturated rings. The molecule has 0 aromatic heterocycles. The zero-order valence-electron chi connectivity index (χ0n) is 10.3. The lowest BCUT2D eigenvalue weighted by atomic mass is 9.76. The van der Waals surface area contributed by atoms with Gasteiger partial charge in [0.1, 0.15) is 0 Å². The van der Waals surface area contributed by atoms with Crippen LogP contribution in [-0.4, -0.2) is 32.1 Å². The fraction of sp³-hybridized carbons (Fsp3) is 0.917. The normalized spacial score (nSPS) is 25.4. The standard InChI is InChI=1S/C12H25N3O/c1-2-5-12(6-3-8-14-10-12)11(16)15-9-4-7-13/h14H,2-10,13H2,1H3,(H,15,16). The summed E-state index contributed by atoms with van der Waals surface area (Å²) < 4.78 is 0. The summed E-state index contributed by atoms with van der Waals surface area (Å²) in [5.74, 6) is 0.218. The minimum absolute atomic E-state index is 0.165. The molecule has 1 unspecified atom stereocenters. The van der Waals surface area contributed by atoms with Crippen LogP contribution < -0.4 is 16.4 Å². The van der Waals surface area contributed by atoms with Gasteiger partial charge in [-0.1, -0.05) is 13.3 Å². The van der Waals surface area contributed by atoms with E-state index in [-0.39, 0.29) is 11.3 Å². The van der Waals surface area contributed by atoms with Gasteiger partial charge in [0.25, 0.3) is 0 Å². The van der Waals surface area contributed by atoms with Crippen molar-refractivity contribution in [2.75, 3.05) is 26.2 Å². The van der Waals surface area contributed by atoms with Gasteiger partial charge in [0.05, 0.1) is 5.41 Å². The molecule has 16 heavy (non-hydrogen) atoms. The average Bonchev–Trinajstić information content (AvgIpc) is 2.31. The second kappa shape index (κ2) is 6.86. The molecule has 0 bridgehead atoms. The molecule has 0 radical (unpaired) electrons. The monoisotopic (exact) mass is 227 g/mol. The summed E-state index contributed by atoms with van der Waals surface area (Å²) in [5.41, 5.74) is 5.26. The first kappa shape index (κ1) is 13.5. The molecule has 0 spiro atoms. The Kier molecular flexibility index (Phi) is 5.77. The van der Waals surface area contributed by atoms with Crippen LogP contribution in [0.2, 0.25) is 0 Å². The lowest BCUT2D eigenvalue weighted by Gasteiger charge is -2.36. The van der Waals surface area contributed by atoms with Crippen molar-refractivity contribution in [3.05, 3.63) is 0 Å². The van der Waals surface area contributed by atoms with Crippen LogP contribution in [0.5, 0.6) is 0 Å². The third kappa shape index (κ3) is 3.46. The van der Waals surface area contributed by atoms with E-state index in [2.05, 4.69) is 17.6 Å². The number of nitrogens with two attached hydrogens (primary N) is 1. The van der Waals surface area contributed by atoms with Gasteiger partial charge < -0.3 is 16.4 Å². The van der Waals surface area contributed by atoms with Gasteiger partial charge in [0, 0.05) is 13.1 Å². The Balaban J connectivity index is 2.50. The van der Waals surface area contributed by atoms with Crippen LogP contribution in [0.1, 0.15) is 39.0 Å². The summed E-state index contributed by atoms with van der Waals surface area (Å²) in [7, 11) is 0. The summed E-state index contributed by atoms with van der Waals surface area (Å²) >= 11 is 0. The summed E-state index contributed by atoms with van der Waals surface area (Å²) in [6, 6.07) is 0. The van der Waals surface area contributed by atoms with Crippen LogP contribution in [0.4, 0.5) is 0 Å². The highest BCUT2D eigenvalue weighted by atomic mass is 16.2. The van der Waals surface area contributed by atoms with Gasteiger partial charge in [0.15, 0.2) is 0 Å². The fourth-order valence-electron chi connectivity index (χ4n) is 2.46. The zero-order valence-corrected chi connectivity index (χ0v) is 10.3. The zero-order chi connectivity index (χ0) is 11.9. The van der Waals surface area contributed by atoms with E-state index in [0.29, 0.717) is 13.1 Å². The molecule has 4 heteroatoms. The molecule has 0 aromatic carbocycles. The van der Waals surface area contributed by atoms with E-state index in [1.807, 2.05) is 0 Å². The molecule has 4 nitrogen and oxygen atoms in total. The van der Waals surface area contributed by atoms with Crippen molar-refractivity contribution in [3.63, 3.8) is 0 Å². The number of carbonyl (C=O) groups is 1. The van der Waals surface area contributed by atoms with Crippen molar-refractivity contribution >= 4 is 5.91 Å². The van der Waals surface area contributed by atoms with Crippen LogP contribution in [0, 0.1) is 5.41 Å². The van der Waals surface area contributed by atoms with Crippen LogP contribution >= 0.6 is 0 Å². The molecule has 1 saturated heterocycles. The second-order valence-electron chi connectivity index (χ2n) is 4.71. The Bertz CT molecular complexity index is 207. The first-order valence-electron chi connectivity index (χ1n) is 6.44. The van der Waals surface area contributed by atoms with Crippen LogP contribution in [0.3, 0.4) is 0 Å². The highest BCUT2D eigenvalue weighted by molar-refractivity contribution is 5.83. The molecular formula is C12H25N3O. The first-order chi connectivity index (χ1) is 7.75. The van der Waals surface area contributed by atoms with E-state index in [1.165, 1.54) is 0 Å². The van der Waals surface area contributed by atoms with E-state index in [4.69, 9.17) is 5.73 Å². The van der Waals surface area contributed by atoms with E-state index < -0.39 is 0 Å². The molecule has 1 amide bonds. The van der Waals surface area contributed by atoms with E-state index in [1.54, 1.807) is 0 Å². The number of hydrogen-bond donors (Lipinski definition) is 3. The van der Waals surface area contributed by atoms with Gasteiger partial charge >= 0.3 is 0 Å². The van der Waals surface area contributed by atoms with E-state index >= 15 is 0 Å². The van der Waals surface area contributed by atoms with Crippen molar-refractivity contribution in [3.8, 4) is 0 Å². The van der Waals surface area contributed by atoms with Crippen molar-refractivity contribution in [2.24, 2.45) is 11.1 Å². The average molecular weight is 227 g/mol. The van der Waals surface area contributed by atoms with Crippen LogP contribution in [0.15, 0.2) is 0 Å². The lowest BCUT2D eigenvalue weighted by Crippen LogP contribution is -2.50. The summed E-state index contributed by atoms with van der Waals surface area (Å²) in [6.07, 6.45) is 5.02. The molecular weight excluding hydrogens is 202 g/mol. The van der Waals surface area contributed by atoms with Crippen molar-refractivity contribution in [1.82, 2.24) is 10.6 Å². The minimum Gasteiger partial charge on any atom is -0.356 e. The van der Waals surface area contributed by atoms with Crippen LogP contribution in [-0.2, 0) is 4.79 Å². The number of nitrogens with one attached hydrogen (secondary N) is 2. The summed E-state index contributed by atoms with van der Waals surface area (Å²) in [6.45, 7) is 5.36. The van der Waals surface area contributed by atoms with E-state index in [9.17, 15) is 4.79 Å². The predicted molar refractivity (Wildman–Crippen MR) is 66.1 cm³/mol. The number of carbonyl (C=O) groups excluding carboxylic acids is 1. The van der Waals surface area contributed by atoms with Crippen molar-refractivity contribution in [2.45, 2.75) is 39.0 Å². The molecule has 1 atom stereocenters. The Labute approximate surface area is 98.3 Å². The van der Waals surface area contributed by atoms with Gasteiger partial charge in [0.2, 0.25) is 5.91 Å². The smallest absolute Gasteiger partial charge is 0.227 e. The fourth-order valence-corrected chi connectivity index (χ4v) is 2.46. The second-order valence-corrected chi connectivity index (χ2v) is 4.71. The molecule has 1 rings (SSSR count). The Hall–Kier alpha value is -0.610. The molecule has 0 aliphatic carbocycles. The minimum atomic E-state index is -0.165. The molecule has 94 valence electrons. The number of amides is 1.